The van der Waals surface area contributed by atoms with Crippen molar-refractivity contribution in [2.24, 2.45) is 5.92 Å². The molecule has 1 rings (SSSR count). The van der Waals surface area contributed by atoms with Gasteiger partial charge in [-0.05, 0) is 45.1 Å². The number of unbranched alkanes of at least 4 members (excludes halogenated alkanes) is 2. The van der Waals surface area contributed by atoms with E-state index in [1.165, 1.54) is 56.7 Å². The van der Waals surface area contributed by atoms with Gasteiger partial charge in [0.05, 0.1) is 0 Å². The molecular formula is C12H25Br2N. The average molecular weight is 343 g/mol. The molecule has 1 N–H and O–H groups in total. The molecule has 1 aliphatic rings. The van der Waals surface area contributed by atoms with E-state index in [1.54, 1.807) is 0 Å². The topological polar surface area (TPSA) is 12.0 Å². The van der Waals surface area contributed by atoms with E-state index in [4.69, 9.17) is 0 Å². The van der Waals surface area contributed by atoms with E-state index in [0.29, 0.717) is 0 Å². The van der Waals surface area contributed by atoms with Crippen molar-refractivity contribution in [3.8, 4) is 0 Å². The van der Waals surface area contributed by atoms with Crippen molar-refractivity contribution in [1.82, 2.24) is 5.32 Å². The van der Waals surface area contributed by atoms with E-state index in [9.17, 15) is 0 Å². The minimum absolute atomic E-state index is 0. The van der Waals surface area contributed by atoms with Crippen LogP contribution < -0.4 is 5.32 Å². The Bertz CT molecular complexity index is 134. The first-order chi connectivity index (χ1) is 6.86. The second kappa shape index (κ2) is 10.1. The summed E-state index contributed by atoms with van der Waals surface area (Å²) in [6.45, 7) is 0. The largest absolute Gasteiger partial charge is 0.317 e. The molecule has 0 radical (unpaired) electrons. The third-order valence-corrected chi connectivity index (χ3v) is 4.06. The molecule has 0 bridgehead atoms. The van der Waals surface area contributed by atoms with Gasteiger partial charge in [-0.3, -0.25) is 0 Å². The highest BCUT2D eigenvalue weighted by Crippen LogP contribution is 2.28. The van der Waals surface area contributed by atoms with Gasteiger partial charge in [0.25, 0.3) is 0 Å². The summed E-state index contributed by atoms with van der Waals surface area (Å²) in [6, 6.07) is 0.814. The Hall–Kier alpha value is 0.920. The van der Waals surface area contributed by atoms with Crippen LogP contribution in [0.2, 0.25) is 0 Å². The van der Waals surface area contributed by atoms with Gasteiger partial charge in [0.1, 0.15) is 0 Å². The first-order valence-electron chi connectivity index (χ1n) is 6.10. The fourth-order valence-electron chi connectivity index (χ4n) is 2.44. The highest BCUT2D eigenvalue weighted by molar-refractivity contribution is 9.09. The molecule has 0 heterocycles. The highest BCUT2D eigenvalue weighted by Gasteiger charge is 2.18. The van der Waals surface area contributed by atoms with Crippen LogP contribution in [0.4, 0.5) is 0 Å². The van der Waals surface area contributed by atoms with E-state index < -0.39 is 0 Å². The predicted molar refractivity (Wildman–Crippen MR) is 77.4 cm³/mol. The molecule has 1 nitrogen and oxygen atoms in total. The molecule has 0 aliphatic heterocycles. The van der Waals surface area contributed by atoms with Gasteiger partial charge in [-0.1, -0.05) is 35.2 Å². The van der Waals surface area contributed by atoms with Gasteiger partial charge in [-0.15, -0.1) is 17.0 Å². The number of halogens is 2. The lowest BCUT2D eigenvalue weighted by atomic mass is 9.83. The van der Waals surface area contributed by atoms with Gasteiger partial charge < -0.3 is 5.32 Å². The van der Waals surface area contributed by atoms with E-state index >= 15 is 0 Å². The zero-order valence-corrected chi connectivity index (χ0v) is 13.1. The van der Waals surface area contributed by atoms with E-state index in [2.05, 4.69) is 28.3 Å². The Kier molecular flexibility index (Phi) is 10.7. The molecule has 0 saturated heterocycles. The Morgan fingerprint density at radius 1 is 1.07 bits per heavy atom. The van der Waals surface area contributed by atoms with Crippen LogP contribution in [0, 0.1) is 5.92 Å². The predicted octanol–water partition coefficient (Wildman–Crippen LogP) is 4.30. The highest BCUT2D eigenvalue weighted by atomic mass is 79.9. The van der Waals surface area contributed by atoms with Gasteiger partial charge in [0, 0.05) is 11.4 Å². The second-order valence-corrected chi connectivity index (χ2v) is 5.34. The molecule has 0 aromatic heterocycles. The first-order valence-corrected chi connectivity index (χ1v) is 7.22. The molecule has 92 valence electrons. The Labute approximate surface area is 114 Å². The van der Waals surface area contributed by atoms with Crippen molar-refractivity contribution in [2.75, 3.05) is 12.4 Å². The van der Waals surface area contributed by atoms with Crippen LogP contribution in [0.25, 0.3) is 0 Å². The maximum atomic E-state index is 3.48. The second-order valence-electron chi connectivity index (χ2n) is 4.54. The molecule has 0 unspecified atom stereocenters. The van der Waals surface area contributed by atoms with Crippen molar-refractivity contribution in [1.29, 1.82) is 0 Å². The third kappa shape index (κ3) is 6.96. The monoisotopic (exact) mass is 341 g/mol. The average Bonchev–Trinajstić information content (AvgIpc) is 2.25. The van der Waals surface area contributed by atoms with Crippen LogP contribution >= 0.6 is 32.9 Å². The standard InChI is InChI=1S/C12H24BrN.BrH/c1-14-12-8-6-11(7-9-12)5-3-2-4-10-13;/h11-12,14H,2-10H2,1H3;1H/t11-,12-;. The fourth-order valence-corrected chi connectivity index (χ4v) is 2.84. The van der Waals surface area contributed by atoms with Crippen LogP contribution in [0.1, 0.15) is 51.4 Å². The molecule has 15 heavy (non-hydrogen) atoms. The van der Waals surface area contributed by atoms with Crippen molar-refractivity contribution >= 4 is 32.9 Å². The maximum Gasteiger partial charge on any atom is 0.00642 e. The van der Waals surface area contributed by atoms with E-state index in [0.717, 1.165) is 12.0 Å². The number of alkyl halides is 1. The molecule has 0 aromatic rings. The molecule has 0 amide bonds. The van der Waals surface area contributed by atoms with E-state index in [-0.39, 0.29) is 17.0 Å². The summed E-state index contributed by atoms with van der Waals surface area (Å²) in [5.41, 5.74) is 0. The summed E-state index contributed by atoms with van der Waals surface area (Å²) in [4.78, 5) is 0. The number of rotatable bonds is 6. The van der Waals surface area contributed by atoms with Crippen molar-refractivity contribution in [3.63, 3.8) is 0 Å². The van der Waals surface area contributed by atoms with Crippen molar-refractivity contribution < 1.29 is 0 Å². The molecule has 0 aromatic carbocycles. The van der Waals surface area contributed by atoms with Crippen LogP contribution in [0.3, 0.4) is 0 Å². The van der Waals surface area contributed by atoms with Crippen LogP contribution in [0.5, 0.6) is 0 Å². The normalized spacial score (nSPS) is 26.0. The van der Waals surface area contributed by atoms with Crippen LogP contribution in [0.15, 0.2) is 0 Å². The summed E-state index contributed by atoms with van der Waals surface area (Å²) in [5, 5.41) is 4.57. The van der Waals surface area contributed by atoms with Gasteiger partial charge in [-0.25, -0.2) is 0 Å². The van der Waals surface area contributed by atoms with Gasteiger partial charge in [0.2, 0.25) is 0 Å². The lowest BCUT2D eigenvalue weighted by molar-refractivity contribution is 0.283. The summed E-state index contributed by atoms with van der Waals surface area (Å²) in [5.74, 6) is 1.04. The molecule has 0 spiro atoms. The zero-order valence-electron chi connectivity index (χ0n) is 9.80. The minimum Gasteiger partial charge on any atom is -0.317 e. The lowest BCUT2D eigenvalue weighted by Gasteiger charge is -2.28. The fraction of sp³-hybridized carbons (Fsp3) is 1.00. The Morgan fingerprint density at radius 2 is 1.73 bits per heavy atom. The van der Waals surface area contributed by atoms with Crippen LogP contribution in [-0.2, 0) is 0 Å². The van der Waals surface area contributed by atoms with Gasteiger partial charge >= 0.3 is 0 Å². The lowest BCUT2D eigenvalue weighted by Crippen LogP contribution is -2.30. The zero-order chi connectivity index (χ0) is 10.2. The number of nitrogens with one attached hydrogen (secondary N) is 1. The molecule has 1 saturated carbocycles. The summed E-state index contributed by atoms with van der Waals surface area (Å²) < 4.78 is 0. The number of hydrogen-bond acceptors (Lipinski definition) is 1. The van der Waals surface area contributed by atoms with E-state index in [1.807, 2.05) is 0 Å². The number of hydrogen-bond donors (Lipinski definition) is 1. The molecular weight excluding hydrogens is 318 g/mol. The summed E-state index contributed by atoms with van der Waals surface area (Å²) in [6.07, 6.45) is 11.4. The Balaban J connectivity index is 0.00000196. The van der Waals surface area contributed by atoms with Crippen LogP contribution in [-0.4, -0.2) is 18.4 Å². The third-order valence-electron chi connectivity index (χ3n) is 3.50. The van der Waals surface area contributed by atoms with Gasteiger partial charge in [-0.2, -0.15) is 0 Å². The SMILES string of the molecule is Br.CN[C@H]1CC[C@H](CCCCCBr)CC1. The smallest absolute Gasteiger partial charge is 0.00642 e. The Morgan fingerprint density at radius 3 is 2.27 bits per heavy atom. The maximum absolute atomic E-state index is 3.48. The molecule has 1 aliphatic carbocycles. The molecule has 3 heteroatoms. The molecule has 0 atom stereocenters. The minimum atomic E-state index is 0. The van der Waals surface area contributed by atoms with Crippen molar-refractivity contribution in [2.45, 2.75) is 57.4 Å². The van der Waals surface area contributed by atoms with Crippen molar-refractivity contribution in [3.05, 3.63) is 0 Å². The molecule has 1 fully saturated rings. The quantitative estimate of drug-likeness (QED) is 0.560. The summed E-state index contributed by atoms with van der Waals surface area (Å²) >= 11 is 3.48. The summed E-state index contributed by atoms with van der Waals surface area (Å²) in [7, 11) is 2.10. The first kappa shape index (κ1) is 15.9. The van der Waals surface area contributed by atoms with Gasteiger partial charge in [0.15, 0.2) is 0 Å².